The SMILES string of the molecule is NC1CCc2c1ccc(C(=O)O)c2O. The molecule has 0 amide bonds. The molecular formula is C10H11NO3. The molecule has 14 heavy (non-hydrogen) atoms. The number of aromatic carboxylic acids is 1. The molecule has 1 aliphatic rings. The highest BCUT2D eigenvalue weighted by atomic mass is 16.4. The van der Waals surface area contributed by atoms with E-state index in [4.69, 9.17) is 10.8 Å². The van der Waals surface area contributed by atoms with Gasteiger partial charge in [0.15, 0.2) is 0 Å². The number of rotatable bonds is 1. The van der Waals surface area contributed by atoms with Gasteiger partial charge in [-0.3, -0.25) is 0 Å². The minimum Gasteiger partial charge on any atom is -0.507 e. The van der Waals surface area contributed by atoms with Crippen molar-refractivity contribution in [1.82, 2.24) is 0 Å². The van der Waals surface area contributed by atoms with Crippen LogP contribution in [0.25, 0.3) is 0 Å². The van der Waals surface area contributed by atoms with Crippen LogP contribution < -0.4 is 5.73 Å². The zero-order valence-electron chi connectivity index (χ0n) is 7.53. The second-order valence-corrected chi connectivity index (χ2v) is 3.48. The van der Waals surface area contributed by atoms with Crippen molar-refractivity contribution in [2.45, 2.75) is 18.9 Å². The lowest BCUT2D eigenvalue weighted by Crippen LogP contribution is -2.06. The highest BCUT2D eigenvalue weighted by Gasteiger charge is 2.25. The largest absolute Gasteiger partial charge is 0.507 e. The molecule has 0 fully saturated rings. The third-order valence-electron chi connectivity index (χ3n) is 2.65. The Hall–Kier alpha value is -1.55. The number of nitrogens with two attached hydrogens (primary N) is 1. The molecule has 74 valence electrons. The van der Waals surface area contributed by atoms with E-state index in [0.717, 1.165) is 12.0 Å². The van der Waals surface area contributed by atoms with Gasteiger partial charge in [0.25, 0.3) is 0 Å². The van der Waals surface area contributed by atoms with Crippen LogP contribution in [0.15, 0.2) is 12.1 Å². The number of phenols is 1. The molecule has 1 unspecified atom stereocenters. The quantitative estimate of drug-likeness (QED) is 0.622. The molecule has 0 heterocycles. The molecule has 0 aromatic heterocycles. The van der Waals surface area contributed by atoms with E-state index >= 15 is 0 Å². The zero-order chi connectivity index (χ0) is 10.3. The summed E-state index contributed by atoms with van der Waals surface area (Å²) in [6.07, 6.45) is 1.43. The van der Waals surface area contributed by atoms with Gasteiger partial charge in [-0.2, -0.15) is 0 Å². The van der Waals surface area contributed by atoms with Gasteiger partial charge in [0.1, 0.15) is 11.3 Å². The first-order valence-electron chi connectivity index (χ1n) is 4.45. The Kier molecular flexibility index (Phi) is 1.93. The van der Waals surface area contributed by atoms with Crippen molar-refractivity contribution < 1.29 is 15.0 Å². The first kappa shape index (κ1) is 9.02. The maximum absolute atomic E-state index is 10.7. The highest BCUT2D eigenvalue weighted by Crippen LogP contribution is 2.37. The van der Waals surface area contributed by atoms with Crippen LogP contribution >= 0.6 is 0 Å². The van der Waals surface area contributed by atoms with Gasteiger partial charge in [-0.1, -0.05) is 6.07 Å². The van der Waals surface area contributed by atoms with Crippen LogP contribution in [0.5, 0.6) is 5.75 Å². The summed E-state index contributed by atoms with van der Waals surface area (Å²) < 4.78 is 0. The fourth-order valence-electron chi connectivity index (χ4n) is 1.89. The molecule has 0 spiro atoms. The fourth-order valence-corrected chi connectivity index (χ4v) is 1.89. The third kappa shape index (κ3) is 1.15. The number of aromatic hydroxyl groups is 1. The minimum atomic E-state index is -1.11. The van der Waals surface area contributed by atoms with Crippen LogP contribution in [0.4, 0.5) is 0 Å². The summed E-state index contributed by atoms with van der Waals surface area (Å²) in [5.41, 5.74) is 7.30. The molecule has 4 heteroatoms. The van der Waals surface area contributed by atoms with Gasteiger partial charge >= 0.3 is 5.97 Å². The lowest BCUT2D eigenvalue weighted by atomic mass is 10.0. The topological polar surface area (TPSA) is 83.6 Å². The van der Waals surface area contributed by atoms with Crippen LogP contribution in [0.2, 0.25) is 0 Å². The summed E-state index contributed by atoms with van der Waals surface area (Å²) in [5.74, 6) is -1.23. The average molecular weight is 193 g/mol. The van der Waals surface area contributed by atoms with E-state index < -0.39 is 5.97 Å². The van der Waals surface area contributed by atoms with Crippen LogP contribution in [0.1, 0.15) is 33.9 Å². The second kappa shape index (κ2) is 2.99. The summed E-state index contributed by atoms with van der Waals surface area (Å²) in [4.78, 5) is 10.7. The van der Waals surface area contributed by atoms with Gasteiger partial charge in [0.05, 0.1) is 0 Å². The number of benzene rings is 1. The van der Waals surface area contributed by atoms with Gasteiger partial charge in [0, 0.05) is 6.04 Å². The van der Waals surface area contributed by atoms with Crippen molar-refractivity contribution >= 4 is 5.97 Å². The van der Waals surface area contributed by atoms with Crippen molar-refractivity contribution in [3.05, 3.63) is 28.8 Å². The van der Waals surface area contributed by atoms with E-state index in [0.29, 0.717) is 12.0 Å². The van der Waals surface area contributed by atoms with E-state index in [-0.39, 0.29) is 17.4 Å². The van der Waals surface area contributed by atoms with E-state index in [1.165, 1.54) is 6.07 Å². The van der Waals surface area contributed by atoms with Crippen molar-refractivity contribution in [2.75, 3.05) is 0 Å². The molecule has 1 aromatic rings. The second-order valence-electron chi connectivity index (χ2n) is 3.48. The van der Waals surface area contributed by atoms with Crippen molar-refractivity contribution in [3.8, 4) is 5.75 Å². The highest BCUT2D eigenvalue weighted by molar-refractivity contribution is 5.91. The predicted molar refractivity (Wildman–Crippen MR) is 50.3 cm³/mol. The van der Waals surface area contributed by atoms with Crippen molar-refractivity contribution in [2.24, 2.45) is 5.73 Å². The van der Waals surface area contributed by atoms with Crippen LogP contribution in [-0.2, 0) is 6.42 Å². The number of hydrogen-bond donors (Lipinski definition) is 3. The van der Waals surface area contributed by atoms with Crippen molar-refractivity contribution in [1.29, 1.82) is 0 Å². The first-order chi connectivity index (χ1) is 6.61. The summed E-state index contributed by atoms with van der Waals surface area (Å²) in [7, 11) is 0. The smallest absolute Gasteiger partial charge is 0.339 e. The Morgan fingerprint density at radius 2 is 2.21 bits per heavy atom. The molecule has 0 saturated carbocycles. The monoisotopic (exact) mass is 193 g/mol. The number of carboxylic acid groups (broad SMARTS) is 1. The lowest BCUT2D eigenvalue weighted by Gasteiger charge is -2.07. The van der Waals surface area contributed by atoms with Gasteiger partial charge < -0.3 is 15.9 Å². The Labute approximate surface area is 81.0 Å². The summed E-state index contributed by atoms with van der Waals surface area (Å²) in [6, 6.07) is 3.02. The van der Waals surface area contributed by atoms with Gasteiger partial charge in [-0.05, 0) is 30.0 Å². The number of carboxylic acids is 1. The first-order valence-corrected chi connectivity index (χ1v) is 4.45. The molecule has 0 radical (unpaired) electrons. The van der Waals surface area contributed by atoms with Crippen LogP contribution in [0.3, 0.4) is 0 Å². The maximum Gasteiger partial charge on any atom is 0.339 e. The zero-order valence-corrected chi connectivity index (χ0v) is 7.53. The Balaban J connectivity index is 2.58. The molecule has 2 rings (SSSR count). The summed E-state index contributed by atoms with van der Waals surface area (Å²) in [5, 5.41) is 18.4. The third-order valence-corrected chi connectivity index (χ3v) is 2.65. The molecule has 0 saturated heterocycles. The molecule has 4 N–H and O–H groups in total. The minimum absolute atomic E-state index is 0.0437. The van der Waals surface area contributed by atoms with E-state index in [1.54, 1.807) is 6.07 Å². The predicted octanol–water partition coefficient (Wildman–Crippen LogP) is 1.04. The van der Waals surface area contributed by atoms with Crippen molar-refractivity contribution in [3.63, 3.8) is 0 Å². The van der Waals surface area contributed by atoms with E-state index in [1.807, 2.05) is 0 Å². The van der Waals surface area contributed by atoms with Crippen LogP contribution in [0, 0.1) is 0 Å². The van der Waals surface area contributed by atoms with Crippen LogP contribution in [-0.4, -0.2) is 16.2 Å². The Morgan fingerprint density at radius 1 is 1.50 bits per heavy atom. The standard InChI is InChI=1S/C10H11NO3/c11-8-4-3-6-5(8)1-2-7(9(6)12)10(13)14/h1-2,8,12H,3-4,11H2,(H,13,14). The molecule has 4 nitrogen and oxygen atoms in total. The molecule has 0 aliphatic heterocycles. The van der Waals surface area contributed by atoms with E-state index in [9.17, 15) is 9.90 Å². The molecule has 1 aromatic carbocycles. The molecule has 1 aliphatic carbocycles. The summed E-state index contributed by atoms with van der Waals surface area (Å²) in [6.45, 7) is 0. The average Bonchev–Trinajstić information content (AvgIpc) is 2.49. The van der Waals surface area contributed by atoms with Gasteiger partial charge in [0.2, 0.25) is 0 Å². The summed E-state index contributed by atoms with van der Waals surface area (Å²) >= 11 is 0. The molecular weight excluding hydrogens is 182 g/mol. The molecule has 0 bridgehead atoms. The number of fused-ring (bicyclic) bond motifs is 1. The molecule has 1 atom stereocenters. The Bertz CT molecular complexity index is 401. The number of hydrogen-bond acceptors (Lipinski definition) is 3. The fraction of sp³-hybridized carbons (Fsp3) is 0.300. The van der Waals surface area contributed by atoms with Gasteiger partial charge in [-0.25, -0.2) is 4.79 Å². The Morgan fingerprint density at radius 3 is 2.86 bits per heavy atom. The normalized spacial score (nSPS) is 19.4. The maximum atomic E-state index is 10.7. The van der Waals surface area contributed by atoms with E-state index in [2.05, 4.69) is 0 Å². The lowest BCUT2D eigenvalue weighted by molar-refractivity contribution is 0.0693. The number of carbonyl (C=O) groups is 1. The van der Waals surface area contributed by atoms with Gasteiger partial charge in [-0.15, -0.1) is 0 Å².